The van der Waals surface area contributed by atoms with Gasteiger partial charge in [0.15, 0.2) is 0 Å². The lowest BCUT2D eigenvalue weighted by Gasteiger charge is -2.11. The maximum atomic E-state index is 9.78. The first kappa shape index (κ1) is 10.2. The molecule has 11 heavy (non-hydrogen) atoms. The Bertz CT molecular complexity index is 92.5. The van der Waals surface area contributed by atoms with Gasteiger partial charge < -0.3 is 10.2 Å². The predicted octanol–water partition coefficient (Wildman–Crippen LogP) is -1.18. The molecular weight excluding hydrogens is 156 g/mol. The zero-order valence-corrected chi connectivity index (χ0v) is 5.84. The van der Waals surface area contributed by atoms with Crippen molar-refractivity contribution in [3.63, 3.8) is 0 Å². The highest BCUT2D eigenvalue weighted by Crippen LogP contribution is 1.91. The average molecular weight is 166 g/mol. The second kappa shape index (κ2) is 7.35. The lowest BCUT2D eigenvalue weighted by atomic mass is 10.8. The van der Waals surface area contributed by atoms with Gasteiger partial charge in [-0.1, -0.05) is 0 Å². The molecule has 66 valence electrons. The minimum atomic E-state index is -0.242. The Labute approximate surface area is 63.0 Å². The van der Waals surface area contributed by atoms with Gasteiger partial charge in [0.2, 0.25) is 0 Å². The molecule has 0 heterocycles. The Morgan fingerprint density at radius 3 is 1.91 bits per heavy atom. The van der Waals surface area contributed by atoms with Crippen LogP contribution in [-0.2, 0) is 9.68 Å². The minimum absolute atomic E-state index is 0.0861. The van der Waals surface area contributed by atoms with E-state index in [2.05, 4.69) is 15.0 Å². The van der Waals surface area contributed by atoms with E-state index in [4.69, 9.17) is 10.2 Å². The fourth-order valence-electron chi connectivity index (χ4n) is 0.322. The van der Waals surface area contributed by atoms with Crippen LogP contribution in [0.2, 0.25) is 0 Å². The Morgan fingerprint density at radius 2 is 1.64 bits per heavy atom. The van der Waals surface area contributed by atoms with Crippen molar-refractivity contribution in [3.8, 4) is 0 Å². The molecule has 7 nitrogen and oxygen atoms in total. The number of hydrogen-bond acceptors (Lipinski definition) is 6. The highest BCUT2D eigenvalue weighted by Gasteiger charge is 2.01. The molecule has 0 spiro atoms. The highest BCUT2D eigenvalue weighted by molar-refractivity contribution is 4.20. The first-order valence-electron chi connectivity index (χ1n) is 2.96. The third kappa shape index (κ3) is 5.67. The lowest BCUT2D eigenvalue weighted by molar-refractivity contribution is -0.373. The second-order valence-corrected chi connectivity index (χ2v) is 1.43. The molecule has 0 aromatic carbocycles. The van der Waals surface area contributed by atoms with Gasteiger partial charge in [-0.15, -0.1) is 4.91 Å². The van der Waals surface area contributed by atoms with E-state index in [-0.39, 0.29) is 26.4 Å². The van der Waals surface area contributed by atoms with E-state index in [1.165, 1.54) is 0 Å². The van der Waals surface area contributed by atoms with Crippen LogP contribution in [0.15, 0.2) is 5.29 Å². The molecule has 0 unspecified atom stereocenters. The van der Waals surface area contributed by atoms with Gasteiger partial charge in [-0.05, 0) is 0 Å². The molecule has 7 heteroatoms. The summed E-state index contributed by atoms with van der Waals surface area (Å²) in [4.78, 5) is 18.6. The Hall–Kier alpha value is -0.760. The molecule has 0 bridgehead atoms. The number of hydrogen-bond donors (Lipinski definition) is 2. The summed E-state index contributed by atoms with van der Waals surface area (Å²) in [6, 6.07) is 0. The number of nitrogens with zero attached hydrogens (tertiary/aromatic N) is 2. The molecule has 0 aliphatic carbocycles. The van der Waals surface area contributed by atoms with E-state index >= 15 is 0 Å². The van der Waals surface area contributed by atoms with Crippen LogP contribution >= 0.6 is 0 Å². The van der Waals surface area contributed by atoms with Crippen molar-refractivity contribution < 1.29 is 19.9 Å². The van der Waals surface area contributed by atoms with Crippen molar-refractivity contribution in [1.82, 2.24) is 5.34 Å². The maximum Gasteiger partial charge on any atom is 0.108 e. The van der Waals surface area contributed by atoms with Gasteiger partial charge in [0.1, 0.15) is 18.5 Å². The number of rotatable bonds is 7. The summed E-state index contributed by atoms with van der Waals surface area (Å²) in [6.45, 7) is -0.655. The summed E-state index contributed by atoms with van der Waals surface area (Å²) in [5.74, 6) is 0. The molecule has 0 saturated carbocycles. The van der Waals surface area contributed by atoms with Gasteiger partial charge in [0.05, 0.1) is 13.2 Å². The fourth-order valence-corrected chi connectivity index (χ4v) is 0.322. The zero-order chi connectivity index (χ0) is 8.53. The van der Waals surface area contributed by atoms with Crippen LogP contribution in [0.25, 0.3) is 0 Å². The van der Waals surface area contributed by atoms with E-state index in [0.717, 1.165) is 0 Å². The summed E-state index contributed by atoms with van der Waals surface area (Å²) in [5, 5.41) is 19.0. The molecule has 0 aromatic heterocycles. The SMILES string of the molecule is O=NN(OCCO)OCCO. The molecule has 0 amide bonds. The quantitative estimate of drug-likeness (QED) is 0.365. The van der Waals surface area contributed by atoms with Crippen LogP contribution in [-0.4, -0.2) is 42.0 Å². The molecule has 0 radical (unpaired) electrons. The van der Waals surface area contributed by atoms with E-state index in [9.17, 15) is 4.91 Å². The van der Waals surface area contributed by atoms with E-state index in [1.54, 1.807) is 0 Å². The smallest absolute Gasteiger partial charge is 0.108 e. The first-order chi connectivity index (χ1) is 5.35. The van der Waals surface area contributed by atoms with Gasteiger partial charge in [0.25, 0.3) is 0 Å². The standard InChI is InChI=1S/C4H10N2O5/c7-1-3-10-6(5-9)11-4-2-8/h7-8H,1-4H2. The Balaban J connectivity index is 3.33. The molecule has 0 rings (SSSR count). The van der Waals surface area contributed by atoms with Crippen LogP contribution in [0, 0.1) is 4.91 Å². The van der Waals surface area contributed by atoms with Crippen LogP contribution in [0.5, 0.6) is 0 Å². The monoisotopic (exact) mass is 166 g/mol. The molecule has 0 aliphatic rings. The van der Waals surface area contributed by atoms with Crippen molar-refractivity contribution in [3.05, 3.63) is 4.91 Å². The Morgan fingerprint density at radius 1 is 1.18 bits per heavy atom. The van der Waals surface area contributed by atoms with E-state index < -0.39 is 0 Å². The van der Waals surface area contributed by atoms with Crippen LogP contribution in [0.1, 0.15) is 0 Å². The van der Waals surface area contributed by atoms with Gasteiger partial charge in [-0.25, -0.2) is 9.68 Å². The van der Waals surface area contributed by atoms with Gasteiger partial charge in [0, 0.05) is 5.34 Å². The maximum absolute atomic E-state index is 9.78. The molecule has 0 aliphatic heterocycles. The molecule has 2 N–H and O–H groups in total. The summed E-state index contributed by atoms with van der Waals surface area (Å²) >= 11 is 0. The fraction of sp³-hybridized carbons (Fsp3) is 1.00. The van der Waals surface area contributed by atoms with Crippen molar-refractivity contribution in [2.45, 2.75) is 0 Å². The lowest BCUT2D eigenvalue weighted by Crippen LogP contribution is -2.21. The average Bonchev–Trinajstić information content (AvgIpc) is 2.05. The normalized spacial score (nSPS) is 9.64. The van der Waals surface area contributed by atoms with Crippen LogP contribution in [0.4, 0.5) is 0 Å². The topological polar surface area (TPSA) is 91.6 Å². The predicted molar refractivity (Wildman–Crippen MR) is 33.7 cm³/mol. The number of nitroso groups, excluding NO2 is 1. The molecular formula is C4H10N2O5. The van der Waals surface area contributed by atoms with E-state index in [0.29, 0.717) is 5.34 Å². The van der Waals surface area contributed by atoms with Crippen molar-refractivity contribution in [2.24, 2.45) is 5.29 Å². The third-order valence-corrected chi connectivity index (χ3v) is 0.653. The molecule has 0 aromatic rings. The third-order valence-electron chi connectivity index (χ3n) is 0.653. The summed E-state index contributed by atoms with van der Waals surface area (Å²) in [7, 11) is 0. The largest absolute Gasteiger partial charge is 0.394 e. The Kier molecular flexibility index (Phi) is 6.84. The summed E-state index contributed by atoms with van der Waals surface area (Å²) < 4.78 is 0. The second-order valence-electron chi connectivity index (χ2n) is 1.43. The van der Waals surface area contributed by atoms with Crippen molar-refractivity contribution in [2.75, 3.05) is 26.4 Å². The number of aliphatic hydroxyl groups is 2. The van der Waals surface area contributed by atoms with Gasteiger partial charge in [-0.2, -0.15) is 0 Å². The molecule has 0 saturated heterocycles. The summed E-state index contributed by atoms with van der Waals surface area (Å²) in [6.07, 6.45) is 0. The van der Waals surface area contributed by atoms with E-state index in [1.807, 2.05) is 0 Å². The van der Waals surface area contributed by atoms with Crippen molar-refractivity contribution >= 4 is 0 Å². The molecule has 0 atom stereocenters. The molecule has 0 fully saturated rings. The van der Waals surface area contributed by atoms with Crippen LogP contribution < -0.4 is 0 Å². The van der Waals surface area contributed by atoms with Gasteiger partial charge >= 0.3 is 0 Å². The minimum Gasteiger partial charge on any atom is -0.394 e. The highest BCUT2D eigenvalue weighted by atomic mass is 17.0. The van der Waals surface area contributed by atoms with Crippen molar-refractivity contribution in [1.29, 1.82) is 0 Å². The zero-order valence-electron chi connectivity index (χ0n) is 5.84. The van der Waals surface area contributed by atoms with Crippen LogP contribution in [0.3, 0.4) is 0 Å². The summed E-state index contributed by atoms with van der Waals surface area (Å²) in [5.41, 5.74) is 0. The first-order valence-corrected chi connectivity index (χ1v) is 2.96. The van der Waals surface area contributed by atoms with Gasteiger partial charge in [-0.3, -0.25) is 0 Å². The number of aliphatic hydroxyl groups excluding tert-OH is 2.